The largest absolute Gasteiger partial charge is 0.256 e. The van der Waals surface area contributed by atoms with E-state index < -0.39 is 10.8 Å². The zero-order valence-corrected chi connectivity index (χ0v) is 38.1. The number of hydrogen-bond acceptors (Lipinski definition) is 1. The molecule has 4 aliphatic rings. The van der Waals surface area contributed by atoms with Crippen LogP contribution in [0.4, 0.5) is 0 Å². The zero-order valence-electron chi connectivity index (χ0n) is 38.1. The van der Waals surface area contributed by atoms with Gasteiger partial charge in [0.25, 0.3) is 0 Å². The van der Waals surface area contributed by atoms with Gasteiger partial charge < -0.3 is 0 Å². The normalized spacial score (nSPS) is 15.6. The molecule has 1 atom stereocenters. The van der Waals surface area contributed by atoms with E-state index in [1.807, 2.05) is 6.20 Å². The molecule has 1 heteroatoms. The summed E-state index contributed by atoms with van der Waals surface area (Å²) in [5.74, 6) is 0. The van der Waals surface area contributed by atoms with E-state index in [1.54, 1.807) is 0 Å². The molecule has 1 aromatic heterocycles. The van der Waals surface area contributed by atoms with Gasteiger partial charge in [0.1, 0.15) is 0 Å². The van der Waals surface area contributed by atoms with Crippen molar-refractivity contribution in [2.75, 3.05) is 0 Å². The second-order valence-corrected chi connectivity index (χ2v) is 19.6. The fraction of sp³-hybridized carbons (Fsp3) is 0.0290. The van der Waals surface area contributed by atoms with Crippen molar-refractivity contribution in [3.05, 3.63) is 293 Å². The van der Waals surface area contributed by atoms with Crippen LogP contribution in [0, 0.1) is 0 Å². The van der Waals surface area contributed by atoms with Crippen LogP contribution in [0.2, 0.25) is 0 Å². The van der Waals surface area contributed by atoms with Crippen molar-refractivity contribution in [1.82, 2.24) is 4.98 Å². The fourth-order valence-electron chi connectivity index (χ4n) is 13.9. The summed E-state index contributed by atoms with van der Waals surface area (Å²) in [5, 5.41) is 5.13. The molecule has 12 aromatic rings. The first-order valence-electron chi connectivity index (χ1n) is 24.5. The molecule has 0 bridgehead atoms. The number of benzene rings is 11. The average molecular weight is 884 g/mol. The Hall–Kier alpha value is -8.91. The third-order valence-electron chi connectivity index (χ3n) is 16.5. The van der Waals surface area contributed by atoms with Crippen molar-refractivity contribution in [3.63, 3.8) is 0 Å². The van der Waals surface area contributed by atoms with Crippen LogP contribution in [-0.4, -0.2) is 4.98 Å². The van der Waals surface area contributed by atoms with E-state index >= 15 is 0 Å². The number of hydrogen-bond donors (Lipinski definition) is 0. The minimum atomic E-state index is -0.540. The second kappa shape index (κ2) is 13.8. The molecule has 1 nitrogen and oxygen atoms in total. The van der Waals surface area contributed by atoms with Gasteiger partial charge in [-0.1, -0.05) is 218 Å². The van der Waals surface area contributed by atoms with E-state index in [0.717, 1.165) is 5.69 Å². The molecule has 0 saturated carbocycles. The quantitative estimate of drug-likeness (QED) is 0.172. The van der Waals surface area contributed by atoms with Gasteiger partial charge in [0.2, 0.25) is 0 Å². The van der Waals surface area contributed by atoms with E-state index in [-0.39, 0.29) is 0 Å². The smallest absolute Gasteiger partial charge is 0.0756 e. The first kappa shape index (κ1) is 38.1. The van der Waals surface area contributed by atoms with Crippen LogP contribution >= 0.6 is 0 Å². The number of nitrogens with zero attached hydrogens (tertiary/aromatic N) is 1. The van der Waals surface area contributed by atoms with Crippen LogP contribution in [0.5, 0.6) is 0 Å². The summed E-state index contributed by atoms with van der Waals surface area (Å²) >= 11 is 0. The molecule has 11 aromatic carbocycles. The number of aromatic nitrogens is 1. The van der Waals surface area contributed by atoms with Gasteiger partial charge in [-0.25, -0.2) is 0 Å². The van der Waals surface area contributed by atoms with Gasteiger partial charge in [0.15, 0.2) is 0 Å². The van der Waals surface area contributed by atoms with Gasteiger partial charge in [-0.3, -0.25) is 4.98 Å². The molecule has 0 saturated heterocycles. The third kappa shape index (κ3) is 4.69. The third-order valence-corrected chi connectivity index (χ3v) is 16.5. The standard InChI is InChI=1S/C69H41N/c1-2-15-42(16-3-1)45-32-34-52-53-35-33-46(41-64(53)69(63(52)40-45)59-29-9-6-23-51(59)55-24-11-17-43-18-12-30-60(69)65(43)55)44-19-10-20-47(39-44)48-36-37-61-66-54(48)25-13-26-56(66)67-62(31-14-38-70-67)68(61)57-27-7-4-21-49(57)50-22-5-8-28-58(50)68/h1-41H. The summed E-state index contributed by atoms with van der Waals surface area (Å²) in [6, 6.07) is 91.7. The molecular weight excluding hydrogens is 843 g/mol. The van der Waals surface area contributed by atoms with Crippen LogP contribution in [0.15, 0.2) is 249 Å². The summed E-state index contributed by atoms with van der Waals surface area (Å²) in [5.41, 5.74) is 26.9. The lowest BCUT2D eigenvalue weighted by Gasteiger charge is -2.40. The molecule has 0 amide bonds. The second-order valence-electron chi connectivity index (χ2n) is 19.6. The zero-order chi connectivity index (χ0) is 45.7. The first-order chi connectivity index (χ1) is 34.7. The van der Waals surface area contributed by atoms with Crippen LogP contribution in [0.1, 0.15) is 44.5 Å². The highest BCUT2D eigenvalue weighted by Crippen LogP contribution is 2.64. The topological polar surface area (TPSA) is 12.9 Å². The molecular formula is C69H41N. The maximum atomic E-state index is 5.20. The molecule has 2 spiro atoms. The van der Waals surface area contributed by atoms with E-state index in [0.29, 0.717) is 0 Å². The fourth-order valence-corrected chi connectivity index (χ4v) is 13.9. The minimum Gasteiger partial charge on any atom is -0.256 e. The summed E-state index contributed by atoms with van der Waals surface area (Å²) in [7, 11) is 0. The lowest BCUT2D eigenvalue weighted by Crippen LogP contribution is -2.32. The maximum Gasteiger partial charge on any atom is 0.0756 e. The summed E-state index contributed by atoms with van der Waals surface area (Å²) < 4.78 is 0. The van der Waals surface area contributed by atoms with E-state index in [9.17, 15) is 0 Å². The lowest BCUT2D eigenvalue weighted by atomic mass is 9.61. The monoisotopic (exact) mass is 883 g/mol. The van der Waals surface area contributed by atoms with Crippen LogP contribution in [0.3, 0.4) is 0 Å². The Morgan fingerprint density at radius 1 is 0.243 bits per heavy atom. The number of rotatable bonds is 3. The van der Waals surface area contributed by atoms with Crippen LogP contribution < -0.4 is 0 Å². The molecule has 1 heterocycles. The van der Waals surface area contributed by atoms with E-state index in [2.05, 4.69) is 243 Å². The van der Waals surface area contributed by atoms with Crippen molar-refractivity contribution in [2.24, 2.45) is 0 Å². The molecule has 16 rings (SSSR count). The van der Waals surface area contributed by atoms with Crippen LogP contribution in [0.25, 0.3) is 99.6 Å². The van der Waals surface area contributed by atoms with Gasteiger partial charge in [-0.2, -0.15) is 0 Å². The Morgan fingerprint density at radius 2 is 0.714 bits per heavy atom. The first-order valence-corrected chi connectivity index (χ1v) is 24.5. The molecule has 70 heavy (non-hydrogen) atoms. The van der Waals surface area contributed by atoms with Crippen molar-refractivity contribution in [3.8, 4) is 78.0 Å². The van der Waals surface area contributed by atoms with Crippen LogP contribution in [-0.2, 0) is 10.8 Å². The summed E-state index contributed by atoms with van der Waals surface area (Å²) in [4.78, 5) is 5.20. The highest BCUT2D eigenvalue weighted by Gasteiger charge is 2.52. The minimum absolute atomic E-state index is 0.494. The van der Waals surface area contributed by atoms with Crippen molar-refractivity contribution >= 4 is 21.5 Å². The molecule has 0 N–H and O–H groups in total. The Morgan fingerprint density at radius 3 is 1.44 bits per heavy atom. The van der Waals surface area contributed by atoms with Gasteiger partial charge in [0, 0.05) is 11.8 Å². The van der Waals surface area contributed by atoms with E-state index in [1.165, 1.54) is 138 Å². The molecule has 322 valence electrons. The summed E-state index contributed by atoms with van der Waals surface area (Å²) in [6.07, 6.45) is 1.96. The molecule has 0 radical (unpaired) electrons. The Kier molecular flexibility index (Phi) is 7.54. The highest BCUT2D eigenvalue weighted by atomic mass is 14.7. The van der Waals surface area contributed by atoms with Crippen molar-refractivity contribution in [1.29, 1.82) is 0 Å². The number of fused-ring (bicyclic) bond motifs is 18. The van der Waals surface area contributed by atoms with Gasteiger partial charge in [-0.15, -0.1) is 0 Å². The SMILES string of the molecule is c1ccc(-c2ccc3c(c2)C2(c4cc(-c5cccc(-c6ccc7c8c(cccc68)-c6ncccc6C76c7ccccc7-c7ccccc76)c5)ccc4-3)c3ccccc3-c3cccc4cccc2c34)cc1. The molecule has 0 fully saturated rings. The van der Waals surface area contributed by atoms with E-state index in [4.69, 9.17) is 4.98 Å². The van der Waals surface area contributed by atoms with Crippen molar-refractivity contribution in [2.45, 2.75) is 10.8 Å². The van der Waals surface area contributed by atoms with Crippen molar-refractivity contribution < 1.29 is 0 Å². The Balaban J connectivity index is 0.916. The van der Waals surface area contributed by atoms with Gasteiger partial charge >= 0.3 is 0 Å². The predicted octanol–water partition coefficient (Wildman–Crippen LogP) is 17.1. The number of pyridine rings is 1. The van der Waals surface area contributed by atoms with Gasteiger partial charge in [-0.05, 0) is 157 Å². The average Bonchev–Trinajstić information content (AvgIpc) is 3.89. The predicted molar refractivity (Wildman–Crippen MR) is 288 cm³/mol. The summed E-state index contributed by atoms with van der Waals surface area (Å²) in [6.45, 7) is 0. The Labute approximate surface area is 406 Å². The highest BCUT2D eigenvalue weighted by molar-refractivity contribution is 6.12. The van der Waals surface area contributed by atoms with Gasteiger partial charge in [0.05, 0.1) is 16.5 Å². The maximum absolute atomic E-state index is 5.20. The molecule has 1 unspecified atom stereocenters. The molecule has 0 aliphatic heterocycles. The molecule has 4 aliphatic carbocycles. The lowest BCUT2D eigenvalue weighted by molar-refractivity contribution is 0.767. The Bertz CT molecular complexity index is 4200.